The minimum Gasteiger partial charge on any atom is -0.507 e. The average molecular weight is 827 g/mol. The maximum atomic E-state index is 13.3. The van der Waals surface area contributed by atoms with Gasteiger partial charge >= 0.3 is 5.97 Å². The molecule has 1 amide bonds. The van der Waals surface area contributed by atoms with Gasteiger partial charge in [0.2, 0.25) is 5.91 Å². The van der Waals surface area contributed by atoms with Crippen LogP contribution in [0.4, 0.5) is 5.82 Å². The molecule has 5 heterocycles. The number of likely N-dealkylation sites (tertiary alicyclic amines) is 2. The normalized spacial score (nSPS) is 22.2. The third-order valence-electron chi connectivity index (χ3n) is 12.0. The number of aromatic nitrogens is 1. The number of carbonyl (C=O) groups excluding carboxylic acids is 1. The summed E-state index contributed by atoms with van der Waals surface area (Å²) < 4.78 is 11.5. The third-order valence-corrected chi connectivity index (χ3v) is 12.0. The maximum absolute atomic E-state index is 13.3. The second kappa shape index (κ2) is 20.6. The van der Waals surface area contributed by atoms with Crippen molar-refractivity contribution < 1.29 is 34.2 Å². The standard InChI is InChI=1S/C24H38N4O5.C21H24N4O2/c1-16(2)22(23(30)28-9-3-4-19(28)24(31)32)20-14-21(25-33-20)27-12-5-17(6-13-27)15-26-10-7-18(29)8-11-26;22-18(17-6-1-2-7-19(17)26)13-15(21(23)24)9-8-14-10-11-25-20(12-14)27-16-4-3-5-16/h14,16-19,22,29H,3-13,15H2,1-2H3,(H,31,32);1-2,6-13,16,25-26H,3-5,22H2,(H3,23,24)/b;14-8+,15-9-,18-13-. The van der Waals surface area contributed by atoms with Gasteiger partial charge in [-0.25, -0.2) is 4.79 Å². The van der Waals surface area contributed by atoms with Crippen LogP contribution in [0.2, 0.25) is 0 Å². The Labute approximate surface area is 352 Å². The summed E-state index contributed by atoms with van der Waals surface area (Å²) in [6.45, 7) is 9.26. The summed E-state index contributed by atoms with van der Waals surface area (Å²) in [6.07, 6.45) is 19.4. The monoisotopic (exact) mass is 826 g/mol. The van der Waals surface area contributed by atoms with E-state index >= 15 is 0 Å². The average Bonchev–Trinajstić information content (AvgIpc) is 3.91. The number of phenols is 1. The first kappa shape index (κ1) is 44.0. The van der Waals surface area contributed by atoms with Crippen molar-refractivity contribution in [1.82, 2.24) is 20.3 Å². The topological polar surface area (TPSA) is 228 Å². The number of aliphatic hydroxyl groups is 1. The lowest BCUT2D eigenvalue weighted by atomic mass is 9.91. The molecular weight excluding hydrogens is 765 g/mol. The molecular formula is C45H62N8O7. The molecule has 15 heteroatoms. The van der Waals surface area contributed by atoms with Crippen LogP contribution in [0.25, 0.3) is 5.70 Å². The number of phenolic OH excluding ortho intramolecular Hbond substituents is 1. The number of carbonyl (C=O) groups is 2. The van der Waals surface area contributed by atoms with E-state index in [0.717, 1.165) is 88.5 Å². The molecule has 2 unspecified atom stereocenters. The maximum Gasteiger partial charge on any atom is 0.326 e. The number of ether oxygens (including phenoxy) is 1. The molecule has 1 aromatic carbocycles. The summed E-state index contributed by atoms with van der Waals surface area (Å²) in [5.41, 5.74) is 14.0. The molecule has 0 bridgehead atoms. The van der Waals surface area contributed by atoms with Gasteiger partial charge < -0.3 is 56.1 Å². The smallest absolute Gasteiger partial charge is 0.326 e. The van der Waals surface area contributed by atoms with Crippen LogP contribution in [0.1, 0.15) is 88.9 Å². The molecule has 3 saturated heterocycles. The molecule has 4 fully saturated rings. The number of hydrogen-bond acceptors (Lipinski definition) is 12. The zero-order valence-electron chi connectivity index (χ0n) is 34.8. The van der Waals surface area contributed by atoms with Crippen LogP contribution in [-0.2, 0) is 14.3 Å². The lowest BCUT2D eigenvalue weighted by Crippen LogP contribution is -2.43. The van der Waals surface area contributed by atoms with Crippen molar-refractivity contribution in [2.75, 3.05) is 44.2 Å². The van der Waals surface area contributed by atoms with Crippen LogP contribution in [0.5, 0.6) is 5.75 Å². The first-order chi connectivity index (χ1) is 28.9. The summed E-state index contributed by atoms with van der Waals surface area (Å²) in [5.74, 6) is 0.946. The number of amides is 1. The zero-order chi connectivity index (χ0) is 42.8. The number of amidine groups is 1. The molecule has 7 rings (SSSR count). The predicted octanol–water partition coefficient (Wildman–Crippen LogP) is 5.17. The van der Waals surface area contributed by atoms with Crippen molar-refractivity contribution in [3.8, 4) is 5.75 Å². The van der Waals surface area contributed by atoms with Gasteiger partial charge in [-0.1, -0.05) is 43.3 Å². The minimum atomic E-state index is -0.940. The van der Waals surface area contributed by atoms with Gasteiger partial charge in [-0.05, 0) is 99.5 Å². The number of allylic oxidation sites excluding steroid dienone is 5. The van der Waals surface area contributed by atoms with Gasteiger partial charge in [0.15, 0.2) is 17.5 Å². The van der Waals surface area contributed by atoms with Gasteiger partial charge in [0.1, 0.15) is 29.6 Å². The number of rotatable bonds is 13. The Balaban J connectivity index is 0.000000205. The van der Waals surface area contributed by atoms with Crippen LogP contribution < -0.4 is 21.7 Å². The summed E-state index contributed by atoms with van der Waals surface area (Å²) in [5, 5.41) is 44.3. The molecule has 1 saturated carbocycles. The van der Waals surface area contributed by atoms with E-state index in [-0.39, 0.29) is 29.5 Å². The number of benzene rings is 1. The number of aliphatic carboxylic acids is 1. The Hall–Kier alpha value is -5.54. The minimum absolute atomic E-state index is 0.0258. The highest BCUT2D eigenvalue weighted by Crippen LogP contribution is 2.34. The molecule has 5 aliphatic rings. The van der Waals surface area contributed by atoms with E-state index in [9.17, 15) is 24.9 Å². The number of aliphatic hydroxyl groups excluding tert-OH is 1. The molecule has 2 atom stereocenters. The van der Waals surface area contributed by atoms with Crippen molar-refractivity contribution in [3.05, 3.63) is 95.3 Å². The second-order valence-electron chi connectivity index (χ2n) is 16.8. The molecule has 4 aliphatic heterocycles. The fourth-order valence-electron chi connectivity index (χ4n) is 8.25. The molecule has 60 heavy (non-hydrogen) atoms. The van der Waals surface area contributed by atoms with Gasteiger partial charge in [-0.15, -0.1) is 0 Å². The fraction of sp³-hybridized carbons (Fsp3) is 0.511. The molecule has 1 aromatic heterocycles. The van der Waals surface area contributed by atoms with Crippen LogP contribution in [0, 0.1) is 17.2 Å². The highest BCUT2D eigenvalue weighted by Gasteiger charge is 2.40. The molecule has 2 aromatic rings. The SMILES string of the molecule is CC(C)C(C(=O)N1CCCC1C(=O)O)c1cc(N2CCC(CN3CCC(O)CC3)CC2)no1.N=C(N)C(=C\C=C1/C=CNC(OC2CCC2)=C1)/C=C(\N)c1ccccc1O. The van der Waals surface area contributed by atoms with Gasteiger partial charge in [-0.2, -0.15) is 0 Å². The van der Waals surface area contributed by atoms with Crippen molar-refractivity contribution in [2.45, 2.75) is 95.8 Å². The number of para-hydroxylation sites is 1. The quantitative estimate of drug-likeness (QED) is 0.0787. The molecule has 324 valence electrons. The van der Waals surface area contributed by atoms with E-state index in [1.54, 1.807) is 36.4 Å². The zero-order valence-corrected chi connectivity index (χ0v) is 34.8. The number of piperidine rings is 2. The first-order valence-electron chi connectivity index (χ1n) is 21.3. The van der Waals surface area contributed by atoms with Gasteiger partial charge in [0.25, 0.3) is 0 Å². The van der Waals surface area contributed by atoms with Crippen molar-refractivity contribution >= 4 is 29.2 Å². The van der Waals surface area contributed by atoms with Crippen LogP contribution in [-0.4, -0.2) is 106 Å². The van der Waals surface area contributed by atoms with Crippen molar-refractivity contribution in [1.29, 1.82) is 5.41 Å². The number of nitrogens with two attached hydrogens (primary N) is 2. The molecule has 0 radical (unpaired) electrons. The summed E-state index contributed by atoms with van der Waals surface area (Å²) >= 11 is 0. The van der Waals surface area contributed by atoms with Crippen LogP contribution in [0.3, 0.4) is 0 Å². The number of carboxylic acids is 1. The van der Waals surface area contributed by atoms with E-state index in [0.29, 0.717) is 54.0 Å². The summed E-state index contributed by atoms with van der Waals surface area (Å²) in [7, 11) is 0. The summed E-state index contributed by atoms with van der Waals surface area (Å²) in [6, 6.07) is 7.90. The van der Waals surface area contributed by atoms with Gasteiger partial charge in [0.05, 0.1) is 6.10 Å². The lowest BCUT2D eigenvalue weighted by molar-refractivity contribution is -0.149. The van der Waals surface area contributed by atoms with E-state index in [4.69, 9.17) is 26.1 Å². The van der Waals surface area contributed by atoms with E-state index in [1.807, 2.05) is 44.3 Å². The van der Waals surface area contributed by atoms with Crippen LogP contribution >= 0.6 is 0 Å². The molecule has 9 N–H and O–H groups in total. The Morgan fingerprint density at radius 1 is 1.03 bits per heavy atom. The Bertz CT molecular complexity index is 1970. The molecule has 0 spiro atoms. The third kappa shape index (κ3) is 11.6. The van der Waals surface area contributed by atoms with Crippen molar-refractivity contribution in [3.63, 3.8) is 0 Å². The van der Waals surface area contributed by atoms with Crippen LogP contribution in [0.15, 0.2) is 88.5 Å². The lowest BCUT2D eigenvalue weighted by Gasteiger charge is -2.36. The number of nitrogens with zero attached hydrogens (tertiary/aromatic N) is 4. The van der Waals surface area contributed by atoms with Gasteiger partial charge in [0, 0.05) is 74.4 Å². The summed E-state index contributed by atoms with van der Waals surface area (Å²) in [4.78, 5) is 31.1. The fourth-order valence-corrected chi connectivity index (χ4v) is 8.25. The van der Waals surface area contributed by atoms with E-state index < -0.39 is 17.9 Å². The number of hydrogen-bond donors (Lipinski definition) is 7. The Kier molecular flexibility index (Phi) is 15.1. The Morgan fingerprint density at radius 2 is 1.77 bits per heavy atom. The predicted molar refractivity (Wildman–Crippen MR) is 231 cm³/mol. The number of anilines is 1. The van der Waals surface area contributed by atoms with Crippen molar-refractivity contribution in [2.24, 2.45) is 23.3 Å². The largest absolute Gasteiger partial charge is 0.507 e. The highest BCUT2D eigenvalue weighted by molar-refractivity contribution is 5.99. The second-order valence-corrected chi connectivity index (χ2v) is 16.8. The van der Waals surface area contributed by atoms with E-state index in [1.165, 1.54) is 11.3 Å². The molecule has 1 aliphatic carbocycles. The van der Waals surface area contributed by atoms with E-state index in [2.05, 4.69) is 20.3 Å². The molecule has 15 nitrogen and oxygen atoms in total. The highest BCUT2D eigenvalue weighted by atomic mass is 16.5. The van der Waals surface area contributed by atoms with Gasteiger partial charge in [-0.3, -0.25) is 10.2 Å². The first-order valence-corrected chi connectivity index (χ1v) is 21.3. The number of nitrogens with one attached hydrogen (secondary N) is 2. The number of carboxylic acid groups (broad SMARTS) is 1. The number of aromatic hydroxyl groups is 1. The number of dihydropyridines is 1. The Morgan fingerprint density at radius 3 is 2.42 bits per heavy atom.